The van der Waals surface area contributed by atoms with Crippen molar-refractivity contribution in [2.24, 2.45) is 0 Å². The van der Waals surface area contributed by atoms with Gasteiger partial charge in [0.25, 0.3) is 11.8 Å². The first-order chi connectivity index (χ1) is 10.3. The molecule has 1 aromatic carbocycles. The van der Waals surface area contributed by atoms with Gasteiger partial charge in [0, 0.05) is 29.8 Å². The molecule has 0 saturated heterocycles. The first-order valence-electron chi connectivity index (χ1n) is 8.00. The largest absolute Gasteiger partial charge is 0.347 e. The summed E-state index contributed by atoms with van der Waals surface area (Å²) in [6.45, 7) is 11.4. The van der Waals surface area contributed by atoms with Gasteiger partial charge in [0.15, 0.2) is 0 Å². The maximum Gasteiger partial charge on any atom is 0.253 e. The van der Waals surface area contributed by atoms with E-state index >= 15 is 0 Å². The zero-order valence-corrected chi connectivity index (χ0v) is 14.4. The van der Waals surface area contributed by atoms with Crippen LogP contribution in [0.15, 0.2) is 24.3 Å². The van der Waals surface area contributed by atoms with Crippen molar-refractivity contribution in [2.75, 3.05) is 13.1 Å². The third-order valence-electron chi connectivity index (χ3n) is 3.13. The summed E-state index contributed by atoms with van der Waals surface area (Å²) in [7, 11) is 0. The SMILES string of the molecule is CCCN(CCC)C(=O)c1cccc(C(=O)NC(C)(C)C)c1. The highest BCUT2D eigenvalue weighted by Gasteiger charge is 2.18. The molecular formula is C18H28N2O2. The van der Waals surface area contributed by atoms with Gasteiger partial charge in [0.2, 0.25) is 0 Å². The van der Waals surface area contributed by atoms with Crippen molar-refractivity contribution in [2.45, 2.75) is 53.0 Å². The van der Waals surface area contributed by atoms with Crippen molar-refractivity contribution in [3.05, 3.63) is 35.4 Å². The lowest BCUT2D eigenvalue weighted by molar-refractivity contribution is 0.0755. The van der Waals surface area contributed by atoms with Crippen LogP contribution in [0.2, 0.25) is 0 Å². The van der Waals surface area contributed by atoms with Crippen LogP contribution in [-0.2, 0) is 0 Å². The van der Waals surface area contributed by atoms with E-state index in [9.17, 15) is 9.59 Å². The predicted molar refractivity (Wildman–Crippen MR) is 90.1 cm³/mol. The second-order valence-electron chi connectivity index (χ2n) is 6.58. The van der Waals surface area contributed by atoms with Crippen LogP contribution >= 0.6 is 0 Å². The molecule has 0 heterocycles. The Bertz CT molecular complexity index is 512. The van der Waals surface area contributed by atoms with E-state index < -0.39 is 0 Å². The molecule has 0 aliphatic rings. The lowest BCUT2D eigenvalue weighted by atomic mass is 10.1. The minimum atomic E-state index is -0.298. The first-order valence-corrected chi connectivity index (χ1v) is 8.00. The topological polar surface area (TPSA) is 49.4 Å². The number of amides is 2. The third-order valence-corrected chi connectivity index (χ3v) is 3.13. The predicted octanol–water partition coefficient (Wildman–Crippen LogP) is 3.48. The van der Waals surface area contributed by atoms with Gasteiger partial charge in [-0.2, -0.15) is 0 Å². The summed E-state index contributed by atoms with van der Waals surface area (Å²) < 4.78 is 0. The lowest BCUT2D eigenvalue weighted by Crippen LogP contribution is -2.40. The molecule has 2 amide bonds. The summed E-state index contributed by atoms with van der Waals surface area (Å²) in [5.74, 6) is -0.159. The molecule has 1 rings (SSSR count). The zero-order chi connectivity index (χ0) is 16.8. The molecule has 4 heteroatoms. The summed E-state index contributed by atoms with van der Waals surface area (Å²) in [6, 6.07) is 6.96. The zero-order valence-electron chi connectivity index (χ0n) is 14.4. The van der Waals surface area contributed by atoms with Gasteiger partial charge in [-0.15, -0.1) is 0 Å². The Morgan fingerprint density at radius 2 is 1.59 bits per heavy atom. The number of carbonyl (C=O) groups excluding carboxylic acids is 2. The van der Waals surface area contributed by atoms with Crippen molar-refractivity contribution >= 4 is 11.8 Å². The highest BCUT2D eigenvalue weighted by Crippen LogP contribution is 2.11. The van der Waals surface area contributed by atoms with Crippen LogP contribution in [0, 0.1) is 0 Å². The molecule has 1 N–H and O–H groups in total. The number of hydrogen-bond acceptors (Lipinski definition) is 2. The molecule has 1 aromatic rings. The number of nitrogens with one attached hydrogen (secondary N) is 1. The Hall–Kier alpha value is -1.84. The number of benzene rings is 1. The summed E-state index contributed by atoms with van der Waals surface area (Å²) in [4.78, 5) is 26.6. The number of carbonyl (C=O) groups is 2. The third kappa shape index (κ3) is 5.51. The van der Waals surface area contributed by atoms with Crippen molar-refractivity contribution in [1.82, 2.24) is 10.2 Å². The molecule has 0 saturated carbocycles. The molecule has 22 heavy (non-hydrogen) atoms. The van der Waals surface area contributed by atoms with E-state index in [2.05, 4.69) is 19.2 Å². The lowest BCUT2D eigenvalue weighted by Gasteiger charge is -2.22. The van der Waals surface area contributed by atoms with Gasteiger partial charge in [-0.25, -0.2) is 0 Å². The Morgan fingerprint density at radius 3 is 2.09 bits per heavy atom. The Balaban J connectivity index is 2.95. The fraction of sp³-hybridized carbons (Fsp3) is 0.556. The van der Waals surface area contributed by atoms with Crippen LogP contribution in [0.25, 0.3) is 0 Å². The highest BCUT2D eigenvalue weighted by atomic mass is 16.2. The van der Waals surface area contributed by atoms with Crippen molar-refractivity contribution in [1.29, 1.82) is 0 Å². The standard InChI is InChI=1S/C18H28N2O2/c1-6-11-20(12-7-2)17(22)15-10-8-9-14(13-15)16(21)19-18(3,4)5/h8-10,13H,6-7,11-12H2,1-5H3,(H,19,21). The minimum absolute atomic E-state index is 0.00545. The van der Waals surface area contributed by atoms with E-state index in [1.165, 1.54) is 0 Å². The van der Waals surface area contributed by atoms with E-state index in [0.717, 1.165) is 25.9 Å². The maximum absolute atomic E-state index is 12.6. The summed E-state index contributed by atoms with van der Waals surface area (Å²) in [5.41, 5.74) is 0.797. The van der Waals surface area contributed by atoms with E-state index in [0.29, 0.717) is 11.1 Å². The smallest absolute Gasteiger partial charge is 0.253 e. The molecule has 0 aliphatic carbocycles. The maximum atomic E-state index is 12.6. The summed E-state index contributed by atoms with van der Waals surface area (Å²) in [5, 5.41) is 2.92. The average Bonchev–Trinajstić information content (AvgIpc) is 2.44. The van der Waals surface area contributed by atoms with Gasteiger partial charge in [-0.05, 0) is 51.8 Å². The average molecular weight is 304 g/mol. The first kappa shape index (κ1) is 18.2. The van der Waals surface area contributed by atoms with E-state index in [1.807, 2.05) is 25.7 Å². The van der Waals surface area contributed by atoms with Crippen LogP contribution in [0.1, 0.15) is 68.2 Å². The Kier molecular flexibility index (Phi) is 6.60. The molecule has 0 bridgehead atoms. The molecule has 0 spiro atoms. The van der Waals surface area contributed by atoms with Crippen LogP contribution in [-0.4, -0.2) is 35.3 Å². The van der Waals surface area contributed by atoms with Gasteiger partial charge < -0.3 is 10.2 Å². The molecule has 122 valence electrons. The molecule has 4 nitrogen and oxygen atoms in total. The Morgan fingerprint density at radius 1 is 1.05 bits per heavy atom. The van der Waals surface area contributed by atoms with Crippen LogP contribution in [0.5, 0.6) is 0 Å². The molecule has 0 aromatic heterocycles. The normalized spacial score (nSPS) is 11.1. The van der Waals surface area contributed by atoms with Crippen LogP contribution in [0.4, 0.5) is 0 Å². The Labute approximate surface area is 133 Å². The quantitative estimate of drug-likeness (QED) is 0.874. The molecule has 0 radical (unpaired) electrons. The molecule has 0 fully saturated rings. The van der Waals surface area contributed by atoms with Crippen molar-refractivity contribution in [3.63, 3.8) is 0 Å². The van der Waals surface area contributed by atoms with Gasteiger partial charge in [-0.3, -0.25) is 9.59 Å². The minimum Gasteiger partial charge on any atom is -0.347 e. The van der Waals surface area contributed by atoms with Crippen LogP contribution in [0.3, 0.4) is 0 Å². The molecular weight excluding hydrogens is 276 g/mol. The highest BCUT2D eigenvalue weighted by molar-refractivity contribution is 5.99. The molecule has 0 atom stereocenters. The molecule has 0 aliphatic heterocycles. The fourth-order valence-corrected chi connectivity index (χ4v) is 2.24. The van der Waals surface area contributed by atoms with E-state index in [-0.39, 0.29) is 17.4 Å². The number of hydrogen-bond donors (Lipinski definition) is 1. The van der Waals surface area contributed by atoms with E-state index in [4.69, 9.17) is 0 Å². The van der Waals surface area contributed by atoms with Gasteiger partial charge >= 0.3 is 0 Å². The van der Waals surface area contributed by atoms with Gasteiger partial charge in [0.05, 0.1) is 0 Å². The second-order valence-corrected chi connectivity index (χ2v) is 6.58. The number of rotatable bonds is 6. The van der Waals surface area contributed by atoms with E-state index in [1.54, 1.807) is 24.3 Å². The van der Waals surface area contributed by atoms with Gasteiger partial charge in [0.1, 0.15) is 0 Å². The fourth-order valence-electron chi connectivity index (χ4n) is 2.24. The summed E-state index contributed by atoms with van der Waals surface area (Å²) >= 11 is 0. The number of nitrogens with zero attached hydrogens (tertiary/aromatic N) is 1. The van der Waals surface area contributed by atoms with Crippen LogP contribution < -0.4 is 5.32 Å². The second kappa shape index (κ2) is 7.97. The summed E-state index contributed by atoms with van der Waals surface area (Å²) in [6.07, 6.45) is 1.85. The molecule has 0 unspecified atom stereocenters. The van der Waals surface area contributed by atoms with Crippen molar-refractivity contribution < 1.29 is 9.59 Å². The van der Waals surface area contributed by atoms with Gasteiger partial charge in [-0.1, -0.05) is 19.9 Å². The monoisotopic (exact) mass is 304 g/mol. The van der Waals surface area contributed by atoms with Crippen molar-refractivity contribution in [3.8, 4) is 0 Å².